The Morgan fingerprint density at radius 2 is 2.00 bits per heavy atom. The first-order valence-corrected chi connectivity index (χ1v) is 2.36. The Kier molecular flexibility index (Phi) is 2.83. The minimum atomic E-state index is -0.227. The lowest BCUT2D eigenvalue weighted by atomic mass is 10.5. The van der Waals surface area contributed by atoms with E-state index in [0.29, 0.717) is 5.70 Å². The molecule has 0 unspecified atom stereocenters. The van der Waals surface area contributed by atoms with Gasteiger partial charge in [0.05, 0.1) is 0 Å². The predicted octanol–water partition coefficient (Wildman–Crippen LogP) is 1.64. The van der Waals surface area contributed by atoms with Crippen LogP contribution < -0.4 is 4.72 Å². The van der Waals surface area contributed by atoms with E-state index < -0.39 is 0 Å². The number of nitrogens with one attached hydrogen (secondary N) is 1. The third kappa shape index (κ3) is 2.51. The van der Waals surface area contributed by atoms with E-state index >= 15 is 0 Å². The van der Waals surface area contributed by atoms with Crippen molar-refractivity contribution in [2.24, 2.45) is 0 Å². The summed E-state index contributed by atoms with van der Waals surface area (Å²) in [4.78, 5) is 0. The Bertz CT molecular complexity index is 85.7. The second-order valence-corrected chi connectivity index (χ2v) is 1.49. The Balaban J connectivity index is 3.72. The maximum Gasteiger partial charge on any atom is 0.116 e. The van der Waals surface area contributed by atoms with Crippen LogP contribution in [-0.2, 0) is 0 Å². The molecule has 3 heteroatoms. The third-order valence-corrected chi connectivity index (χ3v) is 1.02. The highest BCUT2D eigenvalue weighted by Crippen LogP contribution is 1.99. The van der Waals surface area contributed by atoms with Crippen molar-refractivity contribution in [1.29, 1.82) is 0 Å². The normalized spacial score (nSPS) is 13.1. The molecule has 0 aliphatic rings. The summed E-state index contributed by atoms with van der Waals surface area (Å²) in [6.07, 6.45) is 0. The Labute approximate surface area is 48.2 Å². The average molecular weight is 121 g/mol. The fourth-order valence-corrected chi connectivity index (χ4v) is 0.231. The fraction of sp³-hybridized carbons (Fsp3) is 0.500. The molecule has 1 N–H and O–H groups in total. The quantitative estimate of drug-likeness (QED) is 0.502. The van der Waals surface area contributed by atoms with Gasteiger partial charge in [-0.3, -0.25) is 0 Å². The van der Waals surface area contributed by atoms with Crippen molar-refractivity contribution >= 4 is 12.8 Å². The van der Waals surface area contributed by atoms with Crippen molar-refractivity contribution < 1.29 is 4.39 Å². The highest BCUT2D eigenvalue weighted by atomic mass is 32.1. The first-order chi connectivity index (χ1) is 3.18. The van der Waals surface area contributed by atoms with E-state index in [2.05, 4.69) is 17.5 Å². The van der Waals surface area contributed by atoms with E-state index in [0.717, 1.165) is 0 Å². The summed E-state index contributed by atoms with van der Waals surface area (Å²) in [5.41, 5.74) is 0.461. The van der Waals surface area contributed by atoms with Crippen molar-refractivity contribution in [1.82, 2.24) is 4.72 Å². The molecule has 0 radical (unpaired) electrons. The van der Waals surface area contributed by atoms with Crippen LogP contribution >= 0.6 is 12.8 Å². The fourth-order valence-electron chi connectivity index (χ4n) is 0.0770. The molecule has 0 spiro atoms. The lowest BCUT2D eigenvalue weighted by Gasteiger charge is -1.93. The molecule has 42 valence electrons. The average Bonchev–Trinajstić information content (AvgIpc) is 1.65. The lowest BCUT2D eigenvalue weighted by molar-refractivity contribution is 0.622. The van der Waals surface area contributed by atoms with E-state index in [9.17, 15) is 4.39 Å². The molecule has 1 nitrogen and oxygen atoms in total. The van der Waals surface area contributed by atoms with Crippen LogP contribution in [0.5, 0.6) is 0 Å². The maximum atomic E-state index is 11.9. The summed E-state index contributed by atoms with van der Waals surface area (Å²) >= 11 is 3.61. The molecule has 0 saturated heterocycles. The standard InChI is InChI=1S/C4H8FNS/c1-3(5)4(2)6-7/h6-7H,1-2H3/b4-3-. The molecule has 0 aliphatic carbocycles. The van der Waals surface area contributed by atoms with E-state index in [1.54, 1.807) is 6.92 Å². The molecular formula is C4H8FNS. The van der Waals surface area contributed by atoms with Gasteiger partial charge in [-0.1, -0.05) is 12.8 Å². The summed E-state index contributed by atoms with van der Waals surface area (Å²) in [6.45, 7) is 2.99. The molecule has 0 aliphatic heterocycles. The topological polar surface area (TPSA) is 12.0 Å². The van der Waals surface area contributed by atoms with Crippen LogP contribution in [0.15, 0.2) is 11.5 Å². The van der Waals surface area contributed by atoms with Gasteiger partial charge in [0.15, 0.2) is 0 Å². The minimum Gasteiger partial charge on any atom is -0.334 e. The van der Waals surface area contributed by atoms with Gasteiger partial charge in [0.2, 0.25) is 0 Å². The van der Waals surface area contributed by atoms with Crippen LogP contribution in [0.25, 0.3) is 0 Å². The molecule has 0 aromatic carbocycles. The minimum absolute atomic E-state index is 0.227. The summed E-state index contributed by atoms with van der Waals surface area (Å²) < 4.78 is 14.2. The number of hydrogen-bond acceptors (Lipinski definition) is 2. The van der Waals surface area contributed by atoms with Crippen LogP contribution in [-0.4, -0.2) is 0 Å². The summed E-state index contributed by atoms with van der Waals surface area (Å²) in [7, 11) is 0. The zero-order valence-electron chi connectivity index (χ0n) is 4.33. The monoisotopic (exact) mass is 121 g/mol. The van der Waals surface area contributed by atoms with Crippen molar-refractivity contribution in [3.8, 4) is 0 Å². The maximum absolute atomic E-state index is 11.9. The number of hydrogen-bond donors (Lipinski definition) is 2. The van der Waals surface area contributed by atoms with Gasteiger partial charge in [-0.15, -0.1) is 0 Å². The second-order valence-electron chi connectivity index (χ2n) is 1.27. The Morgan fingerprint density at radius 1 is 1.57 bits per heavy atom. The lowest BCUT2D eigenvalue weighted by Crippen LogP contribution is -1.94. The molecule has 0 aromatic rings. The molecule has 0 amide bonds. The van der Waals surface area contributed by atoms with E-state index in [1.807, 2.05) is 0 Å². The molecular weight excluding hydrogens is 113 g/mol. The first-order valence-electron chi connectivity index (χ1n) is 1.91. The van der Waals surface area contributed by atoms with Gasteiger partial charge in [-0.05, 0) is 13.8 Å². The number of thiol groups is 1. The predicted molar refractivity (Wildman–Crippen MR) is 31.6 cm³/mol. The van der Waals surface area contributed by atoms with Crippen molar-refractivity contribution in [2.75, 3.05) is 0 Å². The first kappa shape index (κ1) is 6.82. The molecule has 7 heavy (non-hydrogen) atoms. The second kappa shape index (κ2) is 2.91. The highest BCUT2D eigenvalue weighted by Gasteiger charge is 1.86. The largest absolute Gasteiger partial charge is 0.334 e. The van der Waals surface area contributed by atoms with E-state index in [-0.39, 0.29) is 5.83 Å². The van der Waals surface area contributed by atoms with Crippen molar-refractivity contribution in [3.05, 3.63) is 11.5 Å². The zero-order chi connectivity index (χ0) is 5.86. The van der Waals surface area contributed by atoms with Gasteiger partial charge in [0.1, 0.15) is 5.83 Å². The van der Waals surface area contributed by atoms with Gasteiger partial charge in [-0.2, -0.15) is 0 Å². The van der Waals surface area contributed by atoms with Crippen LogP contribution in [0.2, 0.25) is 0 Å². The number of allylic oxidation sites excluding steroid dienone is 2. The van der Waals surface area contributed by atoms with Crippen LogP contribution in [0.1, 0.15) is 13.8 Å². The van der Waals surface area contributed by atoms with Gasteiger partial charge in [0, 0.05) is 5.70 Å². The van der Waals surface area contributed by atoms with Crippen LogP contribution in [0.3, 0.4) is 0 Å². The number of rotatable bonds is 1. The Hall–Kier alpha value is -0.180. The van der Waals surface area contributed by atoms with Crippen LogP contribution in [0.4, 0.5) is 4.39 Å². The third-order valence-electron chi connectivity index (χ3n) is 0.684. The molecule has 0 aromatic heterocycles. The van der Waals surface area contributed by atoms with Gasteiger partial charge >= 0.3 is 0 Å². The van der Waals surface area contributed by atoms with Gasteiger partial charge < -0.3 is 4.72 Å². The van der Waals surface area contributed by atoms with Crippen molar-refractivity contribution in [2.45, 2.75) is 13.8 Å². The summed E-state index contributed by atoms with van der Waals surface area (Å²) in [5, 5.41) is 0. The smallest absolute Gasteiger partial charge is 0.116 e. The highest BCUT2D eigenvalue weighted by molar-refractivity contribution is 7.78. The van der Waals surface area contributed by atoms with E-state index in [4.69, 9.17) is 0 Å². The van der Waals surface area contributed by atoms with Crippen molar-refractivity contribution in [3.63, 3.8) is 0 Å². The summed E-state index contributed by atoms with van der Waals surface area (Å²) in [5.74, 6) is -0.227. The summed E-state index contributed by atoms with van der Waals surface area (Å²) in [6, 6.07) is 0. The molecule has 0 saturated carbocycles. The molecule has 0 heterocycles. The molecule has 0 bridgehead atoms. The van der Waals surface area contributed by atoms with E-state index in [1.165, 1.54) is 6.92 Å². The molecule has 0 rings (SSSR count). The Morgan fingerprint density at radius 3 is 2.00 bits per heavy atom. The SMILES string of the molecule is C/C(F)=C(\C)NS. The van der Waals surface area contributed by atoms with Crippen LogP contribution in [0, 0.1) is 0 Å². The van der Waals surface area contributed by atoms with Gasteiger partial charge in [0.25, 0.3) is 0 Å². The zero-order valence-corrected chi connectivity index (χ0v) is 5.22. The molecule has 0 atom stereocenters. The van der Waals surface area contributed by atoms with Gasteiger partial charge in [-0.25, -0.2) is 4.39 Å². The molecule has 0 fully saturated rings. The number of halogens is 1.